The first-order chi connectivity index (χ1) is 6.22. The highest BCUT2D eigenvalue weighted by atomic mass is 16.5. The van der Waals surface area contributed by atoms with Gasteiger partial charge in [-0.1, -0.05) is 13.8 Å². The normalized spacial score (nSPS) is 31.8. The quantitative estimate of drug-likeness (QED) is 0.683. The topological polar surface area (TPSA) is 30.5 Å². The van der Waals surface area contributed by atoms with Crippen molar-refractivity contribution in [1.82, 2.24) is 5.31 Å². The molecular weight excluding hydrogens is 154 g/mol. The predicted molar refractivity (Wildman–Crippen MR) is 50.4 cm³/mol. The summed E-state index contributed by atoms with van der Waals surface area (Å²) in [4.78, 5) is 0. The third kappa shape index (κ3) is 4.70. The molecule has 74 valence electrons. The fraction of sp³-hybridized carbons (Fsp3) is 1.00. The zero-order valence-corrected chi connectivity index (χ0v) is 8.54. The van der Waals surface area contributed by atoms with Crippen LogP contribution in [0.15, 0.2) is 0 Å². The Morgan fingerprint density at radius 2 is 2.25 bits per heavy atom. The van der Waals surface area contributed by atoms with E-state index in [2.05, 4.69) is 0 Å². The molecule has 3 heteroatoms. The molecule has 0 aromatic carbocycles. The van der Waals surface area contributed by atoms with Crippen LogP contribution in [0.1, 0.15) is 20.8 Å². The molecule has 1 aliphatic heterocycles. The first-order valence-electron chi connectivity index (χ1n) is 5.05. The molecule has 2 unspecified atom stereocenters. The summed E-state index contributed by atoms with van der Waals surface area (Å²) in [5, 5.41) is 1.53. The van der Waals surface area contributed by atoms with Gasteiger partial charge < -0.3 is 14.8 Å². The molecule has 1 saturated heterocycles. The summed E-state index contributed by atoms with van der Waals surface area (Å²) in [6, 6.07) is 0. The van der Waals surface area contributed by atoms with Crippen molar-refractivity contribution in [2.75, 3.05) is 26.8 Å². The molecule has 2 atom stereocenters. The van der Waals surface area contributed by atoms with Gasteiger partial charge in [0.2, 0.25) is 0 Å². The van der Waals surface area contributed by atoms with Gasteiger partial charge in [0.15, 0.2) is 0 Å². The summed E-state index contributed by atoms with van der Waals surface area (Å²) in [5.74, 6) is 0. The minimum Gasteiger partial charge on any atom is -0.382 e. The van der Waals surface area contributed by atoms with Gasteiger partial charge in [-0.05, 0) is 6.92 Å². The monoisotopic (exact) mass is 177 g/mol. The fourth-order valence-corrected chi connectivity index (χ4v) is 1.09. The van der Waals surface area contributed by atoms with Crippen LogP contribution in [0.2, 0.25) is 1.41 Å². The van der Waals surface area contributed by atoms with Gasteiger partial charge in [-0.3, -0.25) is 0 Å². The van der Waals surface area contributed by atoms with Crippen LogP contribution in [-0.4, -0.2) is 39.0 Å². The van der Waals surface area contributed by atoms with Gasteiger partial charge in [-0.2, -0.15) is 0 Å². The van der Waals surface area contributed by atoms with E-state index in [4.69, 9.17) is 10.9 Å². The van der Waals surface area contributed by atoms with Gasteiger partial charge in [0.25, 0.3) is 0 Å². The molecule has 1 N–H and O–H groups in total. The predicted octanol–water partition coefficient (Wildman–Crippen LogP) is 1.04. The van der Waals surface area contributed by atoms with E-state index in [0.717, 1.165) is 0 Å². The van der Waals surface area contributed by atoms with Crippen molar-refractivity contribution >= 4 is 0 Å². The Balaban J connectivity index is 0.000000671. The lowest BCUT2D eigenvalue weighted by Gasteiger charge is -2.27. The Hall–Kier alpha value is -0.120. The minimum absolute atomic E-state index is 0.0706. The maximum absolute atomic E-state index is 7.41. The van der Waals surface area contributed by atoms with Crippen molar-refractivity contribution in [1.29, 1.82) is 0 Å². The SMILES string of the molecule is CC.[3H]N1CC(C)OC(COC)C1. The average Bonchev–Trinajstić information content (AvgIpc) is 2.06. The Bertz CT molecular complexity index is 114. The third-order valence-corrected chi connectivity index (χ3v) is 1.50. The lowest BCUT2D eigenvalue weighted by Crippen LogP contribution is -2.45. The van der Waals surface area contributed by atoms with Crippen molar-refractivity contribution in [3.63, 3.8) is 0 Å². The second-order valence-corrected chi connectivity index (χ2v) is 2.61. The molecule has 1 heterocycles. The van der Waals surface area contributed by atoms with Crippen LogP contribution in [0, 0.1) is 0 Å². The van der Waals surface area contributed by atoms with Gasteiger partial charge in [-0.25, -0.2) is 0 Å². The Morgan fingerprint density at radius 1 is 1.58 bits per heavy atom. The molecule has 1 fully saturated rings. The maximum Gasteiger partial charge on any atom is 0.122 e. The van der Waals surface area contributed by atoms with E-state index in [0.29, 0.717) is 19.7 Å². The number of nitrogens with one attached hydrogen (secondary N) is 1. The molecule has 0 radical (unpaired) electrons. The van der Waals surface area contributed by atoms with Gasteiger partial charge in [0.05, 0.1) is 18.8 Å². The van der Waals surface area contributed by atoms with Crippen molar-refractivity contribution < 1.29 is 10.9 Å². The van der Waals surface area contributed by atoms with E-state index in [-0.39, 0.29) is 12.2 Å². The van der Waals surface area contributed by atoms with E-state index >= 15 is 0 Å². The summed E-state index contributed by atoms with van der Waals surface area (Å²) in [6.45, 7) is 7.90. The summed E-state index contributed by atoms with van der Waals surface area (Å²) >= 11 is 0. The van der Waals surface area contributed by atoms with E-state index < -0.39 is 0 Å². The van der Waals surface area contributed by atoms with Crippen LogP contribution in [0.25, 0.3) is 0 Å². The lowest BCUT2D eigenvalue weighted by atomic mass is 10.2. The smallest absolute Gasteiger partial charge is 0.122 e. The zero-order chi connectivity index (χ0) is 10.3. The second kappa shape index (κ2) is 7.53. The Labute approximate surface area is 76.9 Å². The Kier molecular flexibility index (Phi) is 6.25. The summed E-state index contributed by atoms with van der Waals surface area (Å²) in [5.41, 5.74) is 0. The molecule has 3 nitrogen and oxygen atoms in total. The highest BCUT2D eigenvalue weighted by Crippen LogP contribution is 2.02. The van der Waals surface area contributed by atoms with Crippen LogP contribution in [0.3, 0.4) is 0 Å². The van der Waals surface area contributed by atoms with Crippen LogP contribution >= 0.6 is 0 Å². The van der Waals surface area contributed by atoms with E-state index in [1.807, 2.05) is 20.8 Å². The average molecular weight is 177 g/mol. The number of rotatable bonds is 2. The van der Waals surface area contributed by atoms with Crippen LogP contribution in [0.4, 0.5) is 0 Å². The summed E-state index contributed by atoms with van der Waals surface area (Å²) < 4.78 is 17.9. The van der Waals surface area contributed by atoms with Crippen molar-refractivity contribution in [2.45, 2.75) is 33.0 Å². The van der Waals surface area contributed by atoms with Crippen molar-refractivity contribution in [3.05, 3.63) is 0 Å². The molecule has 0 spiro atoms. The minimum atomic E-state index is 0.0706. The first kappa shape index (κ1) is 9.96. The molecule has 1 aliphatic rings. The van der Waals surface area contributed by atoms with E-state index in [1.165, 1.54) is 5.31 Å². The maximum atomic E-state index is 7.41. The summed E-state index contributed by atoms with van der Waals surface area (Å²) in [7, 11) is 1.65. The van der Waals surface area contributed by atoms with E-state index in [1.54, 1.807) is 7.11 Å². The Morgan fingerprint density at radius 3 is 2.75 bits per heavy atom. The molecule has 0 aromatic heterocycles. The number of ether oxygens (including phenoxy) is 2. The first-order valence-corrected chi connectivity index (χ1v) is 4.60. The zero-order valence-electron chi connectivity index (χ0n) is 9.54. The number of methoxy groups -OCH3 is 1. The van der Waals surface area contributed by atoms with Crippen LogP contribution < -0.4 is 5.31 Å². The molecule has 12 heavy (non-hydrogen) atoms. The molecule has 1 rings (SSSR count). The van der Waals surface area contributed by atoms with Gasteiger partial charge >= 0.3 is 0 Å². The van der Waals surface area contributed by atoms with Gasteiger partial charge in [-0.15, -0.1) is 0 Å². The van der Waals surface area contributed by atoms with Crippen LogP contribution in [-0.2, 0) is 9.47 Å². The van der Waals surface area contributed by atoms with E-state index in [9.17, 15) is 0 Å². The highest BCUT2D eigenvalue weighted by molar-refractivity contribution is 4.70. The largest absolute Gasteiger partial charge is 0.382 e. The molecule has 0 saturated carbocycles. The molecular formula is C9H21NO2. The summed E-state index contributed by atoms with van der Waals surface area (Å²) in [6.07, 6.45) is 0.225. The van der Waals surface area contributed by atoms with Gasteiger partial charge in [0, 0.05) is 20.2 Å². The van der Waals surface area contributed by atoms with Crippen LogP contribution in [0.5, 0.6) is 0 Å². The number of hydrogen-bond donors (Lipinski definition) is 1. The fourth-order valence-electron chi connectivity index (χ4n) is 1.09. The van der Waals surface area contributed by atoms with Crippen molar-refractivity contribution in [3.8, 4) is 0 Å². The standard InChI is InChI=1S/C7H15NO2.C2H6/c1-6-3-8-4-7(10-6)5-9-2;1-2/h6-8H,3-5H2,1-2H3;1-2H3/i/hT. The molecule has 0 aromatic rings. The molecule has 0 amide bonds. The van der Waals surface area contributed by atoms with Crippen molar-refractivity contribution in [2.24, 2.45) is 0 Å². The van der Waals surface area contributed by atoms with Gasteiger partial charge in [0.1, 0.15) is 1.41 Å². The number of hydrogen-bond acceptors (Lipinski definition) is 3. The lowest BCUT2D eigenvalue weighted by molar-refractivity contribution is -0.0602. The second-order valence-electron chi connectivity index (χ2n) is 2.61. The molecule has 0 bridgehead atoms. The highest BCUT2D eigenvalue weighted by Gasteiger charge is 2.17. The number of morpholine rings is 1. The molecule has 0 aliphatic carbocycles. The third-order valence-electron chi connectivity index (χ3n) is 1.50.